The highest BCUT2D eigenvalue weighted by Crippen LogP contribution is 2.10. The molecule has 1 aromatic carbocycles. The quantitative estimate of drug-likeness (QED) is 0.384. The zero-order valence-electron chi connectivity index (χ0n) is 10.2. The molecular formula is C14H20N2. The average Bonchev–Trinajstić information content (AvgIpc) is 2.30. The van der Waals surface area contributed by atoms with Gasteiger partial charge in [0, 0.05) is 6.54 Å². The zero-order valence-corrected chi connectivity index (χ0v) is 10.2. The van der Waals surface area contributed by atoms with E-state index < -0.39 is 0 Å². The molecule has 0 saturated carbocycles. The molecule has 0 spiro atoms. The number of rotatable bonds is 6. The minimum absolute atomic E-state index is 0.843. The predicted molar refractivity (Wildman–Crippen MR) is 69.7 cm³/mol. The molecular weight excluding hydrogens is 197 g/mol. The second kappa shape index (κ2) is 7.84. The van der Waals surface area contributed by atoms with Crippen molar-refractivity contribution in [3.8, 4) is 0 Å². The van der Waals surface area contributed by atoms with Crippen molar-refractivity contribution in [3.05, 3.63) is 29.8 Å². The molecule has 0 aliphatic carbocycles. The fourth-order valence-corrected chi connectivity index (χ4v) is 1.38. The van der Waals surface area contributed by atoms with E-state index in [1.165, 1.54) is 24.8 Å². The molecule has 0 bridgehead atoms. The third-order valence-corrected chi connectivity index (χ3v) is 2.41. The van der Waals surface area contributed by atoms with E-state index >= 15 is 0 Å². The summed E-state index contributed by atoms with van der Waals surface area (Å²) in [5, 5.41) is 0. The summed E-state index contributed by atoms with van der Waals surface area (Å²) in [5.41, 5.74) is 2.17. The van der Waals surface area contributed by atoms with E-state index in [-0.39, 0.29) is 0 Å². The molecule has 2 nitrogen and oxygen atoms in total. The standard InChI is InChI=1S/C14H20N2/c1-3-4-5-6-11-15-12-16-14-9-7-13(2)8-10-14/h7-10H,3-6,11H2,1-2H3/i15+1. The molecule has 0 radical (unpaired) electrons. The predicted octanol–water partition coefficient (Wildman–Crippen LogP) is 4.38. The van der Waals surface area contributed by atoms with Gasteiger partial charge in [0.1, 0.15) is 0 Å². The lowest BCUT2D eigenvalue weighted by molar-refractivity contribution is 0.676. The van der Waals surface area contributed by atoms with Crippen molar-refractivity contribution in [2.45, 2.75) is 39.5 Å². The van der Waals surface area contributed by atoms with Crippen LogP contribution in [0.5, 0.6) is 0 Å². The van der Waals surface area contributed by atoms with Crippen LogP contribution in [0, 0.1) is 6.92 Å². The van der Waals surface area contributed by atoms with Gasteiger partial charge in [-0.1, -0.05) is 43.9 Å². The van der Waals surface area contributed by atoms with Gasteiger partial charge in [-0.15, -0.1) is 0 Å². The Morgan fingerprint density at radius 1 is 1.06 bits per heavy atom. The van der Waals surface area contributed by atoms with Crippen LogP contribution in [0.4, 0.5) is 5.69 Å². The highest BCUT2D eigenvalue weighted by Gasteiger charge is 1.86. The third-order valence-electron chi connectivity index (χ3n) is 2.41. The van der Waals surface area contributed by atoms with E-state index in [1.807, 2.05) is 24.3 Å². The number of nitrogens with zero attached hydrogens (tertiary/aromatic N) is 2. The third kappa shape index (κ3) is 5.47. The lowest BCUT2D eigenvalue weighted by Gasteiger charge is -1.92. The Labute approximate surface area is 98.1 Å². The van der Waals surface area contributed by atoms with E-state index in [2.05, 4.69) is 29.8 Å². The van der Waals surface area contributed by atoms with E-state index in [1.54, 1.807) is 0 Å². The maximum atomic E-state index is 4.15. The number of aryl methyl sites for hydroxylation is 1. The molecule has 2 heteroatoms. The van der Waals surface area contributed by atoms with Gasteiger partial charge in [-0.3, -0.25) is 0 Å². The van der Waals surface area contributed by atoms with Gasteiger partial charge in [0.2, 0.25) is 0 Å². The first kappa shape index (κ1) is 12.7. The zero-order chi connectivity index (χ0) is 11.6. The molecule has 0 saturated heterocycles. The van der Waals surface area contributed by atoms with Crippen LogP contribution in [0.25, 0.3) is 0 Å². The Morgan fingerprint density at radius 2 is 1.81 bits per heavy atom. The molecule has 16 heavy (non-hydrogen) atoms. The van der Waals surface area contributed by atoms with E-state index in [4.69, 9.17) is 0 Å². The lowest BCUT2D eigenvalue weighted by atomic mass is 10.2. The van der Waals surface area contributed by atoms with Gasteiger partial charge in [0.15, 0.2) is 0 Å². The largest absolute Gasteiger partial charge is 0.225 e. The maximum Gasteiger partial charge on any atom is 0.0948 e. The molecule has 0 aliphatic heterocycles. The van der Waals surface area contributed by atoms with Gasteiger partial charge in [-0.2, -0.15) is 4.99 Å². The molecule has 86 valence electrons. The number of hydrogen-bond acceptors (Lipinski definition) is 2. The Bertz CT molecular complexity index is 346. The first-order valence-electron chi connectivity index (χ1n) is 6.02. The van der Waals surface area contributed by atoms with Crippen molar-refractivity contribution < 1.29 is 0 Å². The molecule has 0 amide bonds. The molecule has 0 heterocycles. The Morgan fingerprint density at radius 3 is 2.50 bits per heavy atom. The highest BCUT2D eigenvalue weighted by atomic mass is 15.5. The summed E-state index contributed by atoms with van der Waals surface area (Å²) in [7, 11) is 0. The molecule has 1 rings (SSSR count). The van der Waals surface area contributed by atoms with E-state index in [0.29, 0.717) is 0 Å². The first-order valence-corrected chi connectivity index (χ1v) is 6.02. The molecule has 0 aromatic heterocycles. The van der Waals surface area contributed by atoms with Crippen LogP contribution in [0.1, 0.15) is 38.2 Å². The summed E-state index contributed by atoms with van der Waals surface area (Å²) in [4.78, 5) is 8.29. The fraction of sp³-hybridized carbons (Fsp3) is 0.500. The van der Waals surface area contributed by atoms with E-state index in [0.717, 1.165) is 18.7 Å². The lowest BCUT2D eigenvalue weighted by Crippen LogP contribution is -1.80. The smallest absolute Gasteiger partial charge is 0.0948 e. The fourth-order valence-electron chi connectivity index (χ4n) is 1.38. The normalized spacial score (nSPS) is 9.62. The van der Waals surface area contributed by atoms with Crippen LogP contribution in [0.15, 0.2) is 34.3 Å². The van der Waals surface area contributed by atoms with Crippen molar-refractivity contribution in [1.29, 1.82) is 0 Å². The van der Waals surface area contributed by atoms with Crippen molar-refractivity contribution >= 4 is 11.7 Å². The van der Waals surface area contributed by atoms with Crippen LogP contribution in [0.2, 0.25) is 0 Å². The number of unbranched alkanes of at least 4 members (excludes halogenated alkanes) is 3. The van der Waals surface area contributed by atoms with Crippen LogP contribution in [-0.2, 0) is 0 Å². The Balaban J connectivity index is 2.30. The summed E-state index contributed by atoms with van der Waals surface area (Å²) < 4.78 is 0. The number of hydrogen-bond donors (Lipinski definition) is 0. The molecule has 0 fully saturated rings. The van der Waals surface area contributed by atoms with Crippen LogP contribution >= 0.6 is 0 Å². The van der Waals surface area contributed by atoms with Gasteiger partial charge in [-0.25, -0.2) is 4.99 Å². The van der Waals surface area contributed by atoms with Crippen molar-refractivity contribution in [3.63, 3.8) is 0 Å². The average molecular weight is 217 g/mol. The number of benzene rings is 1. The van der Waals surface area contributed by atoms with Crippen LogP contribution in [-0.4, -0.2) is 12.6 Å². The van der Waals surface area contributed by atoms with Gasteiger partial charge in [0.25, 0.3) is 0 Å². The van der Waals surface area contributed by atoms with Crippen molar-refractivity contribution in [2.24, 2.45) is 9.98 Å². The first-order chi connectivity index (χ1) is 7.83. The Hall–Kier alpha value is -1.40. The highest BCUT2D eigenvalue weighted by molar-refractivity contribution is 5.52. The summed E-state index contributed by atoms with van der Waals surface area (Å²) in [6.45, 7) is 5.12. The summed E-state index contributed by atoms with van der Waals surface area (Å²) >= 11 is 0. The molecule has 0 atom stereocenters. The Kier molecular flexibility index (Phi) is 6.20. The minimum atomic E-state index is 0.843. The second-order valence-electron chi connectivity index (χ2n) is 3.99. The van der Waals surface area contributed by atoms with Crippen LogP contribution in [0.3, 0.4) is 0 Å². The van der Waals surface area contributed by atoms with Crippen molar-refractivity contribution in [1.82, 2.24) is 0 Å². The molecule has 0 N–H and O–H groups in total. The van der Waals surface area contributed by atoms with Crippen LogP contribution < -0.4 is 0 Å². The van der Waals surface area contributed by atoms with Gasteiger partial charge < -0.3 is 0 Å². The van der Waals surface area contributed by atoms with Gasteiger partial charge in [0.05, 0.1) is 11.7 Å². The molecule has 0 unspecified atom stereocenters. The second-order valence-corrected chi connectivity index (χ2v) is 3.99. The van der Waals surface area contributed by atoms with Gasteiger partial charge in [-0.05, 0) is 25.5 Å². The summed E-state index contributed by atoms with van der Waals surface area (Å²) in [5.74, 6) is 0. The maximum absolute atomic E-state index is 4.15. The summed E-state index contributed by atoms with van der Waals surface area (Å²) in [6, 6.07) is 10.8. The SMILES string of the molecule is CCCCCC[15N]=C=Nc1ccc(C)cc1. The van der Waals surface area contributed by atoms with Crippen molar-refractivity contribution in [2.75, 3.05) is 6.54 Å². The number of aliphatic imine (C=N–C) groups is 2. The van der Waals surface area contributed by atoms with E-state index in [9.17, 15) is 0 Å². The monoisotopic (exact) mass is 217 g/mol. The topological polar surface area (TPSA) is 24.7 Å². The minimum Gasteiger partial charge on any atom is -0.225 e. The molecule has 1 aromatic rings. The summed E-state index contributed by atoms with van der Waals surface area (Å²) in [6.07, 6.45) is 4.96. The van der Waals surface area contributed by atoms with Gasteiger partial charge >= 0.3 is 0 Å². The molecule has 0 aliphatic rings.